The fourth-order valence-corrected chi connectivity index (χ4v) is 2.95. The maximum Gasteiger partial charge on any atom is 0.253 e. The van der Waals surface area contributed by atoms with Gasteiger partial charge in [0.15, 0.2) is 0 Å². The van der Waals surface area contributed by atoms with Crippen molar-refractivity contribution in [1.29, 1.82) is 0 Å². The van der Waals surface area contributed by atoms with Crippen LogP contribution in [0.5, 0.6) is 0 Å². The Kier molecular flexibility index (Phi) is 4.91. The number of carbonyl (C=O) groups is 1. The first-order chi connectivity index (χ1) is 9.49. The number of thiophene rings is 1. The smallest absolute Gasteiger partial charge is 0.253 e. The number of anilines is 1. The molecule has 0 spiro atoms. The lowest BCUT2D eigenvalue weighted by Crippen LogP contribution is -2.28. The van der Waals surface area contributed by atoms with Crippen molar-refractivity contribution in [3.63, 3.8) is 0 Å². The molecule has 0 aliphatic carbocycles. The summed E-state index contributed by atoms with van der Waals surface area (Å²) in [5, 5.41) is 2.62. The van der Waals surface area contributed by atoms with Gasteiger partial charge in [0.25, 0.3) is 5.91 Å². The number of nitrogens with zero attached hydrogens (tertiary/aromatic N) is 1. The van der Waals surface area contributed by atoms with Crippen LogP contribution < -0.4 is 5.73 Å². The van der Waals surface area contributed by atoms with Gasteiger partial charge in [0.05, 0.1) is 15.7 Å². The molecule has 6 heteroatoms. The Bertz CT molecular complexity index is 591. The average molecular weight is 329 g/mol. The number of nitrogens with two attached hydrogens (primary N) is 1. The van der Waals surface area contributed by atoms with E-state index in [1.54, 1.807) is 35.4 Å². The van der Waals surface area contributed by atoms with E-state index in [0.717, 1.165) is 6.42 Å². The molecular formula is C14H14Cl2N2OS. The van der Waals surface area contributed by atoms with E-state index in [2.05, 4.69) is 6.07 Å². The highest BCUT2D eigenvalue weighted by Crippen LogP contribution is 2.29. The van der Waals surface area contributed by atoms with Gasteiger partial charge in [0.1, 0.15) is 0 Å². The fourth-order valence-electron chi connectivity index (χ4n) is 1.76. The van der Waals surface area contributed by atoms with Gasteiger partial charge in [-0.25, -0.2) is 0 Å². The Morgan fingerprint density at radius 1 is 1.35 bits per heavy atom. The van der Waals surface area contributed by atoms with Crippen LogP contribution in [0.1, 0.15) is 15.2 Å². The first-order valence-electron chi connectivity index (χ1n) is 6.01. The molecule has 0 radical (unpaired) electrons. The molecule has 2 aromatic rings. The minimum absolute atomic E-state index is 0.120. The van der Waals surface area contributed by atoms with Gasteiger partial charge in [-0.3, -0.25) is 4.79 Å². The molecule has 0 aliphatic heterocycles. The molecule has 0 saturated heterocycles. The van der Waals surface area contributed by atoms with Crippen molar-refractivity contribution in [3.05, 3.63) is 50.1 Å². The quantitative estimate of drug-likeness (QED) is 0.863. The maximum atomic E-state index is 12.3. The predicted molar refractivity (Wildman–Crippen MR) is 85.9 cm³/mol. The molecule has 106 valence electrons. The lowest BCUT2D eigenvalue weighted by atomic mass is 10.1. The number of halogens is 2. The number of hydrogen-bond donors (Lipinski definition) is 1. The highest BCUT2D eigenvalue weighted by molar-refractivity contribution is 7.09. The van der Waals surface area contributed by atoms with Gasteiger partial charge >= 0.3 is 0 Å². The third-order valence-electron chi connectivity index (χ3n) is 2.95. The third kappa shape index (κ3) is 3.45. The van der Waals surface area contributed by atoms with Crippen molar-refractivity contribution in [3.8, 4) is 0 Å². The number of carbonyl (C=O) groups excluding carboxylic acids is 1. The SMILES string of the molecule is CN(CCc1cccs1)C(=O)c1cc(Cl)c(N)c(Cl)c1. The normalized spacial score (nSPS) is 10.6. The molecular weight excluding hydrogens is 315 g/mol. The molecule has 1 heterocycles. The predicted octanol–water partition coefficient (Wildman–Crippen LogP) is 3.95. The summed E-state index contributed by atoms with van der Waals surface area (Å²) in [6.45, 7) is 0.638. The zero-order valence-corrected chi connectivity index (χ0v) is 13.2. The Morgan fingerprint density at radius 2 is 2.00 bits per heavy atom. The molecule has 2 N–H and O–H groups in total. The monoisotopic (exact) mass is 328 g/mol. The van der Waals surface area contributed by atoms with Crippen molar-refractivity contribution >= 4 is 46.1 Å². The van der Waals surface area contributed by atoms with Gasteiger partial charge < -0.3 is 10.6 Å². The van der Waals surface area contributed by atoms with E-state index in [1.165, 1.54) is 4.88 Å². The molecule has 0 aliphatic rings. The molecule has 2 rings (SSSR count). The van der Waals surface area contributed by atoms with E-state index in [4.69, 9.17) is 28.9 Å². The van der Waals surface area contributed by atoms with E-state index in [9.17, 15) is 4.79 Å². The van der Waals surface area contributed by atoms with Gasteiger partial charge in [0.2, 0.25) is 0 Å². The first-order valence-corrected chi connectivity index (χ1v) is 7.65. The highest BCUT2D eigenvalue weighted by atomic mass is 35.5. The Morgan fingerprint density at radius 3 is 2.55 bits per heavy atom. The summed E-state index contributed by atoms with van der Waals surface area (Å²) in [4.78, 5) is 15.2. The van der Waals surface area contributed by atoms with Crippen LogP contribution in [0.3, 0.4) is 0 Å². The minimum Gasteiger partial charge on any atom is -0.396 e. The molecule has 0 bridgehead atoms. The van der Waals surface area contributed by atoms with E-state index in [1.807, 2.05) is 11.4 Å². The van der Waals surface area contributed by atoms with Gasteiger partial charge in [-0.1, -0.05) is 29.3 Å². The number of likely N-dealkylation sites (N-methyl/N-ethyl adjacent to an activating group) is 1. The zero-order valence-electron chi connectivity index (χ0n) is 10.9. The lowest BCUT2D eigenvalue weighted by molar-refractivity contribution is 0.0797. The molecule has 1 aromatic carbocycles. The van der Waals surface area contributed by atoms with E-state index < -0.39 is 0 Å². The number of hydrogen-bond acceptors (Lipinski definition) is 3. The van der Waals surface area contributed by atoms with Crippen LogP contribution in [-0.4, -0.2) is 24.4 Å². The Hall–Kier alpha value is -1.23. The summed E-state index contributed by atoms with van der Waals surface area (Å²) in [7, 11) is 1.76. The third-order valence-corrected chi connectivity index (χ3v) is 4.51. The van der Waals surface area contributed by atoms with E-state index >= 15 is 0 Å². The Balaban J connectivity index is 2.06. The zero-order chi connectivity index (χ0) is 14.7. The van der Waals surface area contributed by atoms with Crippen molar-refractivity contribution < 1.29 is 4.79 Å². The largest absolute Gasteiger partial charge is 0.396 e. The number of benzene rings is 1. The lowest BCUT2D eigenvalue weighted by Gasteiger charge is -2.17. The molecule has 1 aromatic heterocycles. The van der Waals surface area contributed by atoms with Crippen molar-refractivity contribution in [2.24, 2.45) is 0 Å². The molecule has 1 amide bonds. The minimum atomic E-state index is -0.120. The van der Waals surface area contributed by atoms with Crippen LogP contribution in [0, 0.1) is 0 Å². The molecule has 0 atom stereocenters. The van der Waals surface area contributed by atoms with Gasteiger partial charge in [-0.15, -0.1) is 11.3 Å². The summed E-state index contributed by atoms with van der Waals surface area (Å²) in [5.41, 5.74) is 6.41. The number of nitrogen functional groups attached to an aromatic ring is 1. The summed E-state index contributed by atoms with van der Waals surface area (Å²) in [5.74, 6) is -0.120. The van der Waals surface area contributed by atoms with Crippen molar-refractivity contribution in [1.82, 2.24) is 4.90 Å². The maximum absolute atomic E-state index is 12.3. The van der Waals surface area contributed by atoms with Crippen molar-refractivity contribution in [2.45, 2.75) is 6.42 Å². The summed E-state index contributed by atoms with van der Waals surface area (Å²) in [6.07, 6.45) is 0.830. The second-order valence-electron chi connectivity index (χ2n) is 4.41. The second-order valence-corrected chi connectivity index (χ2v) is 6.26. The summed E-state index contributed by atoms with van der Waals surface area (Å²) in [6, 6.07) is 7.15. The summed E-state index contributed by atoms with van der Waals surface area (Å²) < 4.78 is 0. The van der Waals surface area contributed by atoms with Gasteiger partial charge in [-0.05, 0) is 30.0 Å². The van der Waals surface area contributed by atoms with E-state index in [0.29, 0.717) is 27.8 Å². The molecule has 0 fully saturated rings. The van der Waals surface area contributed by atoms with Crippen LogP contribution in [0.15, 0.2) is 29.6 Å². The second kappa shape index (κ2) is 6.48. The summed E-state index contributed by atoms with van der Waals surface area (Å²) >= 11 is 13.6. The Labute approximate surface area is 131 Å². The van der Waals surface area contributed by atoms with Gasteiger partial charge in [0, 0.05) is 24.0 Å². The first kappa shape index (κ1) is 15.2. The topological polar surface area (TPSA) is 46.3 Å². The molecule has 20 heavy (non-hydrogen) atoms. The van der Waals surface area contributed by atoms with Gasteiger partial charge in [-0.2, -0.15) is 0 Å². The van der Waals surface area contributed by atoms with Crippen LogP contribution in [-0.2, 0) is 6.42 Å². The number of rotatable bonds is 4. The van der Waals surface area contributed by atoms with E-state index in [-0.39, 0.29) is 5.91 Å². The van der Waals surface area contributed by atoms with Crippen LogP contribution in [0.4, 0.5) is 5.69 Å². The standard InChI is InChI=1S/C14H14Cl2N2OS/c1-18(5-4-10-3-2-6-20-10)14(19)9-7-11(15)13(17)12(16)8-9/h2-3,6-8H,4-5,17H2,1H3. The molecule has 3 nitrogen and oxygen atoms in total. The average Bonchev–Trinajstić information content (AvgIpc) is 2.94. The highest BCUT2D eigenvalue weighted by Gasteiger charge is 2.15. The molecule has 0 saturated carbocycles. The fraction of sp³-hybridized carbons (Fsp3) is 0.214. The van der Waals surface area contributed by atoms with Crippen molar-refractivity contribution in [2.75, 3.05) is 19.3 Å². The van der Waals surface area contributed by atoms with Crippen LogP contribution in [0.2, 0.25) is 10.0 Å². The molecule has 0 unspecified atom stereocenters. The van der Waals surface area contributed by atoms with Crippen LogP contribution in [0.25, 0.3) is 0 Å². The van der Waals surface area contributed by atoms with Crippen LogP contribution >= 0.6 is 34.5 Å². The number of amides is 1.